The van der Waals surface area contributed by atoms with Crippen molar-refractivity contribution in [3.05, 3.63) is 0 Å². The molecule has 0 aromatic heterocycles. The Labute approximate surface area is 113 Å². The number of hydrogen-bond donors (Lipinski definition) is 2. The lowest BCUT2D eigenvalue weighted by molar-refractivity contribution is -0.152. The highest BCUT2D eigenvalue weighted by atomic mass is 16.5. The molecule has 19 heavy (non-hydrogen) atoms. The van der Waals surface area contributed by atoms with Gasteiger partial charge in [0.25, 0.3) is 0 Å². The van der Waals surface area contributed by atoms with Gasteiger partial charge < -0.3 is 20.7 Å². The molecule has 2 aliphatic rings. The lowest BCUT2D eigenvalue weighted by Crippen LogP contribution is -2.62. The maximum Gasteiger partial charge on any atom is 0.245 e. The molecule has 1 aliphatic heterocycles. The molecule has 1 atom stereocenters. The van der Waals surface area contributed by atoms with E-state index >= 15 is 0 Å². The van der Waals surface area contributed by atoms with Gasteiger partial charge in [-0.05, 0) is 19.8 Å². The van der Waals surface area contributed by atoms with Crippen molar-refractivity contribution in [1.82, 2.24) is 10.2 Å². The number of hydrogen-bond acceptors (Lipinski definition) is 4. The van der Waals surface area contributed by atoms with Crippen molar-refractivity contribution in [3.63, 3.8) is 0 Å². The second-order valence-electron chi connectivity index (χ2n) is 5.35. The summed E-state index contributed by atoms with van der Waals surface area (Å²) in [6.45, 7) is 3.57. The second kappa shape index (κ2) is 5.88. The number of ether oxygens (including phenoxy) is 1. The van der Waals surface area contributed by atoms with Crippen LogP contribution in [0.25, 0.3) is 0 Å². The molecule has 1 aliphatic carbocycles. The standard InChI is InChI=1S/C13H23N3O3/c1-2-15-11(17)10-9-19-8-7-16(10)12(18)13(14)5-3-4-6-13/h10H,2-9,14H2,1H3,(H,15,17). The van der Waals surface area contributed by atoms with Gasteiger partial charge in [0.15, 0.2) is 0 Å². The average molecular weight is 269 g/mol. The minimum atomic E-state index is -0.776. The molecule has 6 heteroatoms. The molecular formula is C13H23N3O3. The summed E-state index contributed by atoms with van der Waals surface area (Å²) in [7, 11) is 0. The van der Waals surface area contributed by atoms with E-state index < -0.39 is 11.6 Å². The number of carbonyl (C=O) groups excluding carboxylic acids is 2. The maximum atomic E-state index is 12.6. The second-order valence-corrected chi connectivity index (χ2v) is 5.35. The van der Waals surface area contributed by atoms with Crippen LogP contribution in [0, 0.1) is 0 Å². The predicted octanol–water partition coefficient (Wildman–Crippen LogP) is -0.379. The third-order valence-corrected chi connectivity index (χ3v) is 3.96. The van der Waals surface area contributed by atoms with Crippen molar-refractivity contribution in [2.75, 3.05) is 26.3 Å². The number of nitrogens with two attached hydrogens (primary N) is 1. The quantitative estimate of drug-likeness (QED) is 0.731. The molecule has 6 nitrogen and oxygen atoms in total. The average Bonchev–Trinajstić information content (AvgIpc) is 2.86. The summed E-state index contributed by atoms with van der Waals surface area (Å²) in [5, 5.41) is 2.75. The zero-order valence-corrected chi connectivity index (χ0v) is 11.5. The third kappa shape index (κ3) is 2.90. The number of carbonyl (C=O) groups is 2. The van der Waals surface area contributed by atoms with Crippen molar-refractivity contribution in [2.45, 2.75) is 44.2 Å². The largest absolute Gasteiger partial charge is 0.377 e. The van der Waals surface area contributed by atoms with Crippen LogP contribution >= 0.6 is 0 Å². The Morgan fingerprint density at radius 1 is 1.42 bits per heavy atom. The Kier molecular flexibility index (Phi) is 4.42. The van der Waals surface area contributed by atoms with Crippen LogP contribution in [-0.4, -0.2) is 54.6 Å². The summed E-state index contributed by atoms with van der Waals surface area (Å²) in [5.74, 6) is -0.248. The van der Waals surface area contributed by atoms with E-state index in [0.717, 1.165) is 12.8 Å². The van der Waals surface area contributed by atoms with Crippen LogP contribution in [-0.2, 0) is 14.3 Å². The van der Waals surface area contributed by atoms with Crippen LogP contribution in [0.5, 0.6) is 0 Å². The smallest absolute Gasteiger partial charge is 0.245 e. The lowest BCUT2D eigenvalue weighted by Gasteiger charge is -2.39. The highest BCUT2D eigenvalue weighted by Gasteiger charge is 2.44. The van der Waals surface area contributed by atoms with E-state index in [0.29, 0.717) is 32.5 Å². The van der Waals surface area contributed by atoms with Crippen LogP contribution in [0.15, 0.2) is 0 Å². The first-order valence-corrected chi connectivity index (χ1v) is 7.04. The summed E-state index contributed by atoms with van der Waals surface area (Å²) in [6, 6.07) is -0.540. The molecule has 3 N–H and O–H groups in total. The molecular weight excluding hydrogens is 246 g/mol. The van der Waals surface area contributed by atoms with E-state index in [2.05, 4.69) is 5.32 Å². The zero-order valence-electron chi connectivity index (χ0n) is 11.5. The first-order chi connectivity index (χ1) is 9.08. The third-order valence-electron chi connectivity index (χ3n) is 3.96. The van der Waals surface area contributed by atoms with E-state index in [1.165, 1.54) is 0 Å². The number of nitrogens with zero attached hydrogens (tertiary/aromatic N) is 1. The SMILES string of the molecule is CCNC(=O)C1COCCN1C(=O)C1(N)CCCC1. The van der Waals surface area contributed by atoms with Gasteiger partial charge in [-0.1, -0.05) is 12.8 Å². The van der Waals surface area contributed by atoms with Gasteiger partial charge in [-0.15, -0.1) is 0 Å². The summed E-state index contributed by atoms with van der Waals surface area (Å²) in [5.41, 5.74) is 5.43. The monoisotopic (exact) mass is 269 g/mol. The first-order valence-electron chi connectivity index (χ1n) is 7.04. The molecule has 0 spiro atoms. The van der Waals surface area contributed by atoms with Crippen LogP contribution in [0.1, 0.15) is 32.6 Å². The van der Waals surface area contributed by atoms with Crippen molar-refractivity contribution in [1.29, 1.82) is 0 Å². The van der Waals surface area contributed by atoms with Gasteiger partial charge in [0.05, 0.1) is 18.8 Å². The Hall–Kier alpha value is -1.14. The predicted molar refractivity (Wildman–Crippen MR) is 70.4 cm³/mol. The number of likely N-dealkylation sites (N-methyl/N-ethyl adjacent to an activating group) is 1. The van der Waals surface area contributed by atoms with Gasteiger partial charge in [-0.2, -0.15) is 0 Å². The van der Waals surface area contributed by atoms with Crippen LogP contribution < -0.4 is 11.1 Å². The van der Waals surface area contributed by atoms with Crippen LogP contribution in [0.2, 0.25) is 0 Å². The molecule has 1 saturated carbocycles. The molecule has 108 valence electrons. The summed E-state index contributed by atoms with van der Waals surface area (Å²) >= 11 is 0. The highest BCUT2D eigenvalue weighted by molar-refractivity contribution is 5.92. The fraction of sp³-hybridized carbons (Fsp3) is 0.846. The van der Waals surface area contributed by atoms with Gasteiger partial charge >= 0.3 is 0 Å². The molecule has 2 amide bonds. The van der Waals surface area contributed by atoms with Gasteiger partial charge in [-0.3, -0.25) is 9.59 Å². The number of amides is 2. The van der Waals surface area contributed by atoms with Crippen molar-refractivity contribution >= 4 is 11.8 Å². The summed E-state index contributed by atoms with van der Waals surface area (Å²) in [4.78, 5) is 26.2. The fourth-order valence-electron chi connectivity index (χ4n) is 2.86. The highest BCUT2D eigenvalue weighted by Crippen LogP contribution is 2.30. The summed E-state index contributed by atoms with van der Waals surface area (Å²) in [6.07, 6.45) is 3.40. The minimum Gasteiger partial charge on any atom is -0.377 e. The molecule has 1 unspecified atom stereocenters. The molecule has 1 heterocycles. The fourth-order valence-corrected chi connectivity index (χ4v) is 2.86. The van der Waals surface area contributed by atoms with E-state index in [4.69, 9.17) is 10.5 Å². The Morgan fingerprint density at radius 3 is 2.74 bits per heavy atom. The molecule has 0 bridgehead atoms. The topological polar surface area (TPSA) is 84.7 Å². The number of nitrogens with one attached hydrogen (secondary N) is 1. The molecule has 0 radical (unpaired) electrons. The van der Waals surface area contributed by atoms with Crippen LogP contribution in [0.4, 0.5) is 0 Å². The molecule has 1 saturated heterocycles. The zero-order chi connectivity index (χ0) is 13.9. The molecule has 2 fully saturated rings. The summed E-state index contributed by atoms with van der Waals surface area (Å²) < 4.78 is 5.33. The van der Waals surface area contributed by atoms with Gasteiger partial charge in [0, 0.05) is 13.1 Å². The minimum absolute atomic E-state index is 0.0930. The molecule has 0 aromatic rings. The Bertz CT molecular complexity index is 353. The van der Waals surface area contributed by atoms with E-state index in [1.54, 1.807) is 4.90 Å². The van der Waals surface area contributed by atoms with E-state index in [9.17, 15) is 9.59 Å². The van der Waals surface area contributed by atoms with Crippen molar-refractivity contribution in [2.24, 2.45) is 5.73 Å². The normalized spacial score (nSPS) is 26.2. The Balaban J connectivity index is 2.10. The van der Waals surface area contributed by atoms with Gasteiger partial charge in [0.1, 0.15) is 6.04 Å². The molecule has 2 rings (SSSR count). The van der Waals surface area contributed by atoms with Crippen molar-refractivity contribution < 1.29 is 14.3 Å². The first kappa shape index (κ1) is 14.3. The molecule has 0 aromatic carbocycles. The number of morpholine rings is 1. The number of rotatable bonds is 3. The van der Waals surface area contributed by atoms with Crippen LogP contribution in [0.3, 0.4) is 0 Å². The van der Waals surface area contributed by atoms with Gasteiger partial charge in [0.2, 0.25) is 11.8 Å². The maximum absolute atomic E-state index is 12.6. The van der Waals surface area contributed by atoms with Crippen molar-refractivity contribution in [3.8, 4) is 0 Å². The van der Waals surface area contributed by atoms with Gasteiger partial charge in [-0.25, -0.2) is 0 Å². The Morgan fingerprint density at radius 2 is 2.11 bits per heavy atom. The van der Waals surface area contributed by atoms with E-state index in [1.807, 2.05) is 6.92 Å². The van der Waals surface area contributed by atoms with E-state index in [-0.39, 0.29) is 18.4 Å². The lowest BCUT2D eigenvalue weighted by atomic mass is 9.96.